The van der Waals surface area contributed by atoms with Gasteiger partial charge in [0.05, 0.1) is 17.9 Å². The van der Waals surface area contributed by atoms with Gasteiger partial charge in [-0.1, -0.05) is 6.07 Å². The van der Waals surface area contributed by atoms with Gasteiger partial charge in [0, 0.05) is 31.3 Å². The maximum Gasteiger partial charge on any atom is 0.201 e. The van der Waals surface area contributed by atoms with Crippen LogP contribution in [-0.4, -0.2) is 37.9 Å². The zero-order valence-electron chi connectivity index (χ0n) is 14.8. The molecule has 4 heterocycles. The predicted molar refractivity (Wildman–Crippen MR) is 100 cm³/mol. The van der Waals surface area contributed by atoms with Crippen molar-refractivity contribution >= 4 is 17.2 Å². The number of nitrogens with zero attached hydrogens (tertiary/aromatic N) is 6. The molecule has 1 N–H and O–H groups in total. The third-order valence-corrected chi connectivity index (χ3v) is 5.19. The molecule has 7 nitrogen and oxygen atoms in total. The Labute approximate surface area is 152 Å². The van der Waals surface area contributed by atoms with Crippen LogP contribution >= 0.6 is 0 Å². The second-order valence-electron chi connectivity index (χ2n) is 7.21. The summed E-state index contributed by atoms with van der Waals surface area (Å²) in [6.07, 6.45) is 7.96. The third kappa shape index (κ3) is 2.98. The number of aromatic nitrogens is 5. The molecule has 26 heavy (non-hydrogen) atoms. The maximum atomic E-state index is 4.90. The lowest BCUT2D eigenvalue weighted by Gasteiger charge is -2.28. The van der Waals surface area contributed by atoms with Crippen molar-refractivity contribution in [2.45, 2.75) is 44.6 Å². The summed E-state index contributed by atoms with van der Waals surface area (Å²) in [6.45, 7) is 2.80. The molecule has 7 heteroatoms. The van der Waals surface area contributed by atoms with Crippen molar-refractivity contribution in [3.05, 3.63) is 42.0 Å². The monoisotopic (exact) mass is 349 g/mol. The molecule has 0 radical (unpaired) electrons. The highest BCUT2D eigenvalue weighted by atomic mass is 15.4. The van der Waals surface area contributed by atoms with Crippen LogP contribution in [-0.2, 0) is 6.54 Å². The van der Waals surface area contributed by atoms with Gasteiger partial charge in [-0.05, 0) is 44.2 Å². The zero-order valence-corrected chi connectivity index (χ0v) is 14.8. The number of fused-ring (bicyclic) bond motifs is 1. The number of rotatable bonds is 5. The first-order chi connectivity index (χ1) is 12.9. The van der Waals surface area contributed by atoms with E-state index in [9.17, 15) is 0 Å². The Morgan fingerprint density at radius 3 is 2.73 bits per heavy atom. The lowest BCUT2D eigenvalue weighted by atomic mass is 10.1. The molecule has 0 aromatic carbocycles. The van der Waals surface area contributed by atoms with Crippen molar-refractivity contribution in [1.82, 2.24) is 24.8 Å². The van der Waals surface area contributed by atoms with E-state index in [1.165, 1.54) is 32.1 Å². The summed E-state index contributed by atoms with van der Waals surface area (Å²) >= 11 is 0. The Morgan fingerprint density at radius 1 is 1.08 bits per heavy atom. The van der Waals surface area contributed by atoms with E-state index >= 15 is 0 Å². The van der Waals surface area contributed by atoms with E-state index in [4.69, 9.17) is 5.10 Å². The smallest absolute Gasteiger partial charge is 0.201 e. The molecule has 1 aliphatic carbocycles. The van der Waals surface area contributed by atoms with Crippen LogP contribution < -0.4 is 10.2 Å². The molecule has 0 bridgehead atoms. The largest absolute Gasteiger partial charge is 0.376 e. The van der Waals surface area contributed by atoms with E-state index in [0.717, 1.165) is 41.8 Å². The van der Waals surface area contributed by atoms with Crippen molar-refractivity contribution in [3.8, 4) is 0 Å². The third-order valence-electron chi connectivity index (χ3n) is 5.19. The van der Waals surface area contributed by atoms with Crippen molar-refractivity contribution in [2.24, 2.45) is 0 Å². The van der Waals surface area contributed by atoms with E-state index in [1.807, 2.05) is 28.9 Å². The summed E-state index contributed by atoms with van der Waals surface area (Å²) in [5.41, 5.74) is 2.79. The van der Waals surface area contributed by atoms with Gasteiger partial charge in [-0.15, -0.1) is 15.3 Å². The molecular formula is C19H23N7. The molecule has 5 rings (SSSR count). The number of hydrogen-bond acceptors (Lipinski definition) is 6. The van der Waals surface area contributed by atoms with Gasteiger partial charge in [0.1, 0.15) is 0 Å². The number of pyridine rings is 1. The van der Waals surface area contributed by atoms with Gasteiger partial charge >= 0.3 is 0 Å². The fourth-order valence-electron chi connectivity index (χ4n) is 3.58. The molecule has 2 aliphatic rings. The van der Waals surface area contributed by atoms with E-state index in [2.05, 4.69) is 31.5 Å². The maximum absolute atomic E-state index is 4.90. The van der Waals surface area contributed by atoms with Gasteiger partial charge in [-0.2, -0.15) is 4.52 Å². The van der Waals surface area contributed by atoms with Crippen LogP contribution in [0.25, 0.3) is 5.65 Å². The average molecular weight is 349 g/mol. The molecular weight excluding hydrogens is 326 g/mol. The Morgan fingerprint density at radius 2 is 1.96 bits per heavy atom. The first kappa shape index (κ1) is 15.5. The molecule has 0 spiro atoms. The standard InChI is InChI=1S/C19H23N7/c1-4-10-25(11-5-1)17-12-16(21-13-15-6-2-3-9-20-15)19-23-22-18(14-7-8-14)26(19)24-17/h2-3,6,9,12,14,21H,1,4-5,7-8,10-11,13H2. The summed E-state index contributed by atoms with van der Waals surface area (Å²) in [5.74, 6) is 2.53. The Balaban J connectivity index is 1.51. The summed E-state index contributed by atoms with van der Waals surface area (Å²) in [6, 6.07) is 8.09. The van der Waals surface area contributed by atoms with Crippen molar-refractivity contribution in [1.29, 1.82) is 0 Å². The average Bonchev–Trinajstić information content (AvgIpc) is 3.46. The molecule has 3 aromatic heterocycles. The summed E-state index contributed by atoms with van der Waals surface area (Å²) in [4.78, 5) is 6.78. The second kappa shape index (κ2) is 6.55. The highest BCUT2D eigenvalue weighted by molar-refractivity contribution is 5.70. The van der Waals surface area contributed by atoms with Crippen LogP contribution in [0, 0.1) is 0 Å². The van der Waals surface area contributed by atoms with Crippen LogP contribution in [0.2, 0.25) is 0 Å². The quantitative estimate of drug-likeness (QED) is 0.763. The fourth-order valence-corrected chi connectivity index (χ4v) is 3.58. The molecule has 1 aliphatic heterocycles. The highest BCUT2D eigenvalue weighted by Gasteiger charge is 2.30. The lowest BCUT2D eigenvalue weighted by molar-refractivity contribution is 0.569. The van der Waals surface area contributed by atoms with E-state index in [-0.39, 0.29) is 0 Å². The minimum Gasteiger partial charge on any atom is -0.376 e. The fraction of sp³-hybridized carbons (Fsp3) is 0.474. The van der Waals surface area contributed by atoms with Crippen molar-refractivity contribution < 1.29 is 0 Å². The Kier molecular flexibility index (Phi) is 3.92. The molecule has 1 saturated heterocycles. The zero-order chi connectivity index (χ0) is 17.3. The van der Waals surface area contributed by atoms with E-state index in [1.54, 1.807) is 0 Å². The highest BCUT2D eigenvalue weighted by Crippen LogP contribution is 2.39. The Hall–Kier alpha value is -2.70. The van der Waals surface area contributed by atoms with Gasteiger partial charge in [-0.25, -0.2) is 0 Å². The first-order valence-corrected chi connectivity index (χ1v) is 9.53. The summed E-state index contributed by atoms with van der Waals surface area (Å²) in [5, 5.41) is 17.3. The number of hydrogen-bond donors (Lipinski definition) is 1. The van der Waals surface area contributed by atoms with Crippen LogP contribution in [0.1, 0.15) is 49.5 Å². The predicted octanol–water partition coefficient (Wildman–Crippen LogP) is 3.00. The molecule has 134 valence electrons. The number of anilines is 2. The molecule has 2 fully saturated rings. The van der Waals surface area contributed by atoms with Crippen LogP contribution in [0.4, 0.5) is 11.5 Å². The molecule has 3 aromatic rings. The number of nitrogens with one attached hydrogen (secondary N) is 1. The topological polar surface area (TPSA) is 71.2 Å². The van der Waals surface area contributed by atoms with Gasteiger partial charge in [0.25, 0.3) is 0 Å². The van der Waals surface area contributed by atoms with E-state index < -0.39 is 0 Å². The van der Waals surface area contributed by atoms with Crippen LogP contribution in [0.3, 0.4) is 0 Å². The lowest BCUT2D eigenvalue weighted by Crippen LogP contribution is -2.30. The van der Waals surface area contributed by atoms with E-state index in [0.29, 0.717) is 12.5 Å². The summed E-state index contributed by atoms with van der Waals surface area (Å²) < 4.78 is 1.96. The molecule has 0 atom stereocenters. The van der Waals surface area contributed by atoms with Gasteiger partial charge in [0.15, 0.2) is 11.6 Å². The van der Waals surface area contributed by atoms with Crippen molar-refractivity contribution in [2.75, 3.05) is 23.3 Å². The second-order valence-corrected chi connectivity index (χ2v) is 7.21. The van der Waals surface area contributed by atoms with Crippen LogP contribution in [0.15, 0.2) is 30.5 Å². The number of piperidine rings is 1. The summed E-state index contributed by atoms with van der Waals surface area (Å²) in [7, 11) is 0. The minimum absolute atomic E-state index is 0.512. The molecule has 0 unspecified atom stereocenters. The van der Waals surface area contributed by atoms with Gasteiger partial charge in [-0.3, -0.25) is 4.98 Å². The SMILES string of the molecule is c1ccc(CNc2cc(N3CCCCC3)nn3c(C4CC4)nnc23)nc1. The first-order valence-electron chi connectivity index (χ1n) is 9.53. The molecule has 1 saturated carbocycles. The van der Waals surface area contributed by atoms with Gasteiger partial charge in [0.2, 0.25) is 5.65 Å². The molecule has 0 amide bonds. The Bertz CT molecular complexity index is 895. The van der Waals surface area contributed by atoms with Gasteiger partial charge < -0.3 is 10.2 Å². The van der Waals surface area contributed by atoms with Crippen molar-refractivity contribution in [3.63, 3.8) is 0 Å². The normalized spacial score (nSPS) is 17.6. The minimum atomic E-state index is 0.512. The van der Waals surface area contributed by atoms with Crippen LogP contribution in [0.5, 0.6) is 0 Å².